The van der Waals surface area contributed by atoms with Crippen LogP contribution in [-0.2, 0) is 0 Å². The van der Waals surface area contributed by atoms with Crippen molar-refractivity contribution in [1.29, 1.82) is 0 Å². The lowest BCUT2D eigenvalue weighted by atomic mass is 9.84. The fourth-order valence-electron chi connectivity index (χ4n) is 4.63. The highest BCUT2D eigenvalue weighted by Gasteiger charge is 2.27. The van der Waals surface area contributed by atoms with Gasteiger partial charge in [0.2, 0.25) is 0 Å². The van der Waals surface area contributed by atoms with Crippen molar-refractivity contribution in [3.05, 3.63) is 0 Å². The maximum atomic E-state index is 3.52. The monoisotopic (exact) mass is 401 g/mol. The van der Waals surface area contributed by atoms with Crippen LogP contribution in [0.3, 0.4) is 0 Å². The Kier molecular flexibility index (Phi) is 14.3. The third-order valence-electron chi connectivity index (χ3n) is 5.92. The van der Waals surface area contributed by atoms with Crippen LogP contribution in [0.2, 0.25) is 0 Å². The predicted molar refractivity (Wildman–Crippen MR) is 111 cm³/mol. The van der Waals surface area contributed by atoms with Crippen LogP contribution in [0.1, 0.15) is 57.8 Å². The molecule has 0 bridgehead atoms. The Morgan fingerprint density at radius 1 is 0.750 bits per heavy atom. The second-order valence-electron chi connectivity index (χ2n) is 7.54. The first-order valence-electron chi connectivity index (χ1n) is 9.59. The van der Waals surface area contributed by atoms with E-state index in [-0.39, 0.29) is 37.2 Å². The van der Waals surface area contributed by atoms with Crippen LogP contribution in [0.25, 0.3) is 0 Å². The molecular weight excluding hydrogens is 365 g/mol. The number of hydrogen-bond donors (Lipinski definition) is 1. The van der Waals surface area contributed by atoms with E-state index in [1.165, 1.54) is 104 Å². The summed E-state index contributed by atoms with van der Waals surface area (Å²) in [5, 5.41) is 3.52. The molecule has 2 saturated heterocycles. The normalized spacial score (nSPS) is 25.0. The molecule has 0 aromatic rings. The molecule has 0 radical (unpaired) electrons. The van der Waals surface area contributed by atoms with Crippen LogP contribution in [0, 0.1) is 5.92 Å². The fourth-order valence-corrected chi connectivity index (χ4v) is 4.63. The molecule has 2 aliphatic heterocycles. The molecule has 3 nitrogen and oxygen atoms in total. The summed E-state index contributed by atoms with van der Waals surface area (Å²) in [6, 6.07) is 0.827. The van der Waals surface area contributed by atoms with Crippen LogP contribution in [0.5, 0.6) is 0 Å². The highest BCUT2D eigenvalue weighted by Crippen LogP contribution is 2.29. The van der Waals surface area contributed by atoms with Gasteiger partial charge in [0.15, 0.2) is 0 Å². The minimum Gasteiger partial charge on any atom is -0.314 e. The second-order valence-corrected chi connectivity index (χ2v) is 7.54. The summed E-state index contributed by atoms with van der Waals surface area (Å²) in [5.74, 6) is 1.02. The van der Waals surface area contributed by atoms with Crippen molar-refractivity contribution in [2.75, 3.05) is 45.8 Å². The fraction of sp³-hybridized carbons (Fsp3) is 1.00. The molecule has 1 N–H and O–H groups in total. The first kappa shape index (κ1) is 24.8. The summed E-state index contributed by atoms with van der Waals surface area (Å²) >= 11 is 0. The number of piperidine rings is 1. The van der Waals surface area contributed by atoms with Gasteiger partial charge in [-0.15, -0.1) is 37.2 Å². The van der Waals surface area contributed by atoms with E-state index in [1.807, 2.05) is 0 Å². The number of rotatable bonds is 5. The molecule has 1 unspecified atom stereocenters. The molecular formula is C18H38Cl3N3. The van der Waals surface area contributed by atoms with Gasteiger partial charge in [-0.05, 0) is 38.3 Å². The number of likely N-dealkylation sites (tertiary alicyclic amines) is 1. The third kappa shape index (κ3) is 7.97. The van der Waals surface area contributed by atoms with Crippen molar-refractivity contribution in [3.63, 3.8) is 0 Å². The molecule has 0 amide bonds. The van der Waals surface area contributed by atoms with Gasteiger partial charge in [-0.2, -0.15) is 0 Å². The van der Waals surface area contributed by atoms with E-state index in [0.29, 0.717) is 0 Å². The Hall–Kier alpha value is 0.750. The highest BCUT2D eigenvalue weighted by atomic mass is 35.5. The molecule has 1 atom stereocenters. The van der Waals surface area contributed by atoms with Gasteiger partial charge in [0.25, 0.3) is 0 Å². The number of nitrogens with zero attached hydrogens (tertiary/aromatic N) is 2. The smallest absolute Gasteiger partial charge is 0.0226 e. The molecule has 2 heterocycles. The molecule has 24 heavy (non-hydrogen) atoms. The van der Waals surface area contributed by atoms with Gasteiger partial charge in [-0.3, -0.25) is 4.90 Å². The maximum Gasteiger partial charge on any atom is 0.0226 e. The van der Waals surface area contributed by atoms with E-state index in [4.69, 9.17) is 0 Å². The molecule has 3 fully saturated rings. The lowest BCUT2D eigenvalue weighted by Gasteiger charge is -2.40. The zero-order chi connectivity index (χ0) is 14.3. The van der Waals surface area contributed by atoms with Crippen molar-refractivity contribution in [2.24, 2.45) is 5.92 Å². The molecule has 0 aromatic heterocycles. The van der Waals surface area contributed by atoms with Crippen LogP contribution < -0.4 is 5.32 Å². The SMILES string of the molecule is C1CCC(CC(CN2CCCCC2)N2CCNCC2)CC1.Cl.Cl.Cl. The molecule has 0 aromatic carbocycles. The predicted octanol–water partition coefficient (Wildman–Crippen LogP) is 3.98. The number of piperazine rings is 1. The van der Waals surface area contributed by atoms with Crippen molar-refractivity contribution in [2.45, 2.75) is 63.8 Å². The van der Waals surface area contributed by atoms with E-state index in [9.17, 15) is 0 Å². The Balaban J connectivity index is 0.00000176. The first-order chi connectivity index (χ1) is 10.4. The summed E-state index contributed by atoms with van der Waals surface area (Å²) in [4.78, 5) is 5.57. The minimum absolute atomic E-state index is 0. The van der Waals surface area contributed by atoms with E-state index in [2.05, 4.69) is 15.1 Å². The van der Waals surface area contributed by atoms with Crippen LogP contribution in [-0.4, -0.2) is 61.7 Å². The summed E-state index contributed by atoms with van der Waals surface area (Å²) in [6.45, 7) is 8.98. The van der Waals surface area contributed by atoms with Crippen molar-refractivity contribution >= 4 is 37.2 Å². The number of nitrogens with one attached hydrogen (secondary N) is 1. The average Bonchev–Trinajstić information content (AvgIpc) is 2.57. The van der Waals surface area contributed by atoms with Gasteiger partial charge in [0.05, 0.1) is 0 Å². The van der Waals surface area contributed by atoms with Crippen molar-refractivity contribution in [1.82, 2.24) is 15.1 Å². The van der Waals surface area contributed by atoms with Gasteiger partial charge in [-0.25, -0.2) is 0 Å². The molecule has 0 spiro atoms. The second kappa shape index (κ2) is 13.9. The molecule has 3 aliphatic rings. The number of halogens is 3. The van der Waals surface area contributed by atoms with Crippen LogP contribution >= 0.6 is 37.2 Å². The Morgan fingerprint density at radius 3 is 1.96 bits per heavy atom. The Morgan fingerprint density at radius 2 is 1.33 bits per heavy atom. The zero-order valence-corrected chi connectivity index (χ0v) is 17.5. The average molecular weight is 403 g/mol. The van der Waals surface area contributed by atoms with Gasteiger partial charge in [-0.1, -0.05) is 38.5 Å². The van der Waals surface area contributed by atoms with Gasteiger partial charge >= 0.3 is 0 Å². The lowest BCUT2D eigenvalue weighted by Crippen LogP contribution is -2.53. The van der Waals surface area contributed by atoms with E-state index < -0.39 is 0 Å². The van der Waals surface area contributed by atoms with Gasteiger partial charge in [0.1, 0.15) is 0 Å². The largest absolute Gasteiger partial charge is 0.314 e. The van der Waals surface area contributed by atoms with E-state index in [0.717, 1.165) is 12.0 Å². The quantitative estimate of drug-likeness (QED) is 0.750. The zero-order valence-electron chi connectivity index (χ0n) is 15.1. The Labute approximate surface area is 167 Å². The third-order valence-corrected chi connectivity index (χ3v) is 5.92. The van der Waals surface area contributed by atoms with Crippen molar-refractivity contribution in [3.8, 4) is 0 Å². The first-order valence-corrected chi connectivity index (χ1v) is 9.59. The molecule has 1 saturated carbocycles. The van der Waals surface area contributed by atoms with E-state index >= 15 is 0 Å². The highest BCUT2D eigenvalue weighted by molar-refractivity contribution is 5.86. The maximum absolute atomic E-state index is 3.52. The summed E-state index contributed by atoms with van der Waals surface area (Å²) in [7, 11) is 0. The topological polar surface area (TPSA) is 18.5 Å². The molecule has 6 heteroatoms. The minimum atomic E-state index is 0. The standard InChI is InChI=1S/C18H35N3.3ClH/c1-3-7-17(8-4-1)15-18(21-13-9-19-10-14-21)16-20-11-5-2-6-12-20;;;/h17-19H,1-16H2;3*1H. The van der Waals surface area contributed by atoms with Gasteiger partial charge in [0, 0.05) is 38.8 Å². The summed E-state index contributed by atoms with van der Waals surface area (Å²) < 4.78 is 0. The van der Waals surface area contributed by atoms with Gasteiger partial charge < -0.3 is 10.2 Å². The summed E-state index contributed by atoms with van der Waals surface area (Å²) in [5.41, 5.74) is 0. The van der Waals surface area contributed by atoms with E-state index in [1.54, 1.807) is 0 Å². The van der Waals surface area contributed by atoms with Crippen LogP contribution in [0.4, 0.5) is 0 Å². The molecule has 1 aliphatic carbocycles. The van der Waals surface area contributed by atoms with Crippen molar-refractivity contribution < 1.29 is 0 Å². The Bertz CT molecular complexity index is 269. The summed E-state index contributed by atoms with van der Waals surface area (Å²) in [6.07, 6.45) is 13.3. The van der Waals surface area contributed by atoms with Crippen LogP contribution in [0.15, 0.2) is 0 Å². The molecule has 146 valence electrons. The molecule has 3 rings (SSSR count). The number of hydrogen-bond acceptors (Lipinski definition) is 3. The lowest BCUT2D eigenvalue weighted by molar-refractivity contribution is 0.0916.